The van der Waals surface area contributed by atoms with Gasteiger partial charge in [0.05, 0.1) is 20.9 Å². The average Bonchev–Trinajstić information content (AvgIpc) is 3.38. The molecule has 5 rings (SSSR count). The molecule has 0 spiro atoms. The fraction of sp³-hybridized carbons (Fsp3) is 0.174. The van der Waals surface area contributed by atoms with E-state index >= 15 is 0 Å². The second kappa shape index (κ2) is 7.85. The number of hydrogen-bond acceptors (Lipinski definition) is 6. The van der Waals surface area contributed by atoms with Crippen molar-refractivity contribution in [1.82, 2.24) is 13.9 Å². The van der Waals surface area contributed by atoms with Gasteiger partial charge in [-0.2, -0.15) is 0 Å². The third-order valence-electron chi connectivity index (χ3n) is 5.71. The summed E-state index contributed by atoms with van der Waals surface area (Å²) in [6.07, 6.45) is 0.427. The van der Waals surface area contributed by atoms with E-state index in [1.54, 1.807) is 24.3 Å². The molecule has 1 aromatic heterocycles. The second-order valence-electron chi connectivity index (χ2n) is 7.77. The van der Waals surface area contributed by atoms with Crippen LogP contribution in [0.15, 0.2) is 77.7 Å². The van der Waals surface area contributed by atoms with Crippen molar-refractivity contribution in [3.63, 3.8) is 0 Å². The van der Waals surface area contributed by atoms with Gasteiger partial charge in [-0.25, -0.2) is 17.4 Å². The lowest BCUT2D eigenvalue weighted by molar-refractivity contribution is -0.385. The number of benzene rings is 3. The number of hydrogen-bond donors (Lipinski definition) is 0. The van der Waals surface area contributed by atoms with E-state index in [9.17, 15) is 18.5 Å². The van der Waals surface area contributed by atoms with Gasteiger partial charge in [-0.15, -0.1) is 0 Å². The van der Waals surface area contributed by atoms with Crippen LogP contribution in [0.2, 0.25) is 0 Å². The number of fused-ring (bicyclic) bond motifs is 2. The van der Waals surface area contributed by atoms with Crippen LogP contribution in [0.1, 0.15) is 17.0 Å². The summed E-state index contributed by atoms with van der Waals surface area (Å²) in [7, 11) is -4.08. The monoisotopic (exact) mass is 448 g/mol. The van der Waals surface area contributed by atoms with Crippen molar-refractivity contribution in [3.05, 3.63) is 99.9 Å². The van der Waals surface area contributed by atoms with Gasteiger partial charge in [0, 0.05) is 38.2 Å². The molecule has 0 atom stereocenters. The Morgan fingerprint density at radius 1 is 0.938 bits per heavy atom. The number of nitro benzene ring substituents is 1. The van der Waals surface area contributed by atoms with Crippen molar-refractivity contribution < 1.29 is 13.3 Å². The van der Waals surface area contributed by atoms with Crippen LogP contribution in [0.3, 0.4) is 0 Å². The molecule has 3 aromatic carbocycles. The highest BCUT2D eigenvalue weighted by molar-refractivity contribution is 7.90. The third-order valence-corrected chi connectivity index (χ3v) is 7.45. The summed E-state index contributed by atoms with van der Waals surface area (Å²) in [4.78, 5) is 17.3. The fourth-order valence-corrected chi connectivity index (χ4v) is 5.72. The van der Waals surface area contributed by atoms with Crippen LogP contribution in [0.25, 0.3) is 11.0 Å². The minimum atomic E-state index is -4.08. The number of para-hydroxylation sites is 2. The van der Waals surface area contributed by atoms with Crippen molar-refractivity contribution in [2.75, 3.05) is 6.54 Å². The average molecular weight is 449 g/mol. The van der Waals surface area contributed by atoms with Gasteiger partial charge in [0.15, 0.2) is 0 Å². The normalized spacial score (nSPS) is 14.0. The third kappa shape index (κ3) is 3.55. The molecule has 2 heterocycles. The van der Waals surface area contributed by atoms with Gasteiger partial charge in [0.25, 0.3) is 15.7 Å². The summed E-state index contributed by atoms with van der Waals surface area (Å²) in [6, 6.07) is 20.4. The largest absolute Gasteiger partial charge is 0.294 e. The number of nitro groups is 1. The summed E-state index contributed by atoms with van der Waals surface area (Å²) in [5, 5.41) is 11.2. The van der Waals surface area contributed by atoms with E-state index in [4.69, 9.17) is 0 Å². The van der Waals surface area contributed by atoms with Crippen LogP contribution in [0.4, 0.5) is 5.69 Å². The highest BCUT2D eigenvalue weighted by Gasteiger charge is 2.26. The standard InChI is InChI=1S/C23H20N4O4S/c28-27(29)19-8-5-9-20(14-19)32(30,31)26-22-11-4-3-10-21(22)24-23(26)12-13-25-15-17-6-1-2-7-18(17)16-25/h1-11,14H,12-13,15-16H2. The first-order valence-corrected chi connectivity index (χ1v) is 11.6. The Morgan fingerprint density at radius 3 is 2.34 bits per heavy atom. The predicted octanol–water partition coefficient (Wildman–Crippen LogP) is 3.74. The number of rotatable bonds is 6. The van der Waals surface area contributed by atoms with Crippen molar-refractivity contribution in [1.29, 1.82) is 0 Å². The lowest BCUT2D eigenvalue weighted by Crippen LogP contribution is -2.23. The highest BCUT2D eigenvalue weighted by atomic mass is 32.2. The Labute approximate surface area is 184 Å². The molecule has 1 aliphatic heterocycles. The molecule has 0 aliphatic carbocycles. The van der Waals surface area contributed by atoms with Crippen LogP contribution < -0.4 is 0 Å². The SMILES string of the molecule is O=[N+]([O-])c1cccc(S(=O)(=O)n2c(CCN3Cc4ccccc4C3)nc3ccccc32)c1. The van der Waals surface area contributed by atoms with Gasteiger partial charge >= 0.3 is 0 Å². The van der Waals surface area contributed by atoms with E-state index in [1.165, 1.54) is 33.3 Å². The van der Waals surface area contributed by atoms with E-state index in [2.05, 4.69) is 22.0 Å². The Balaban J connectivity index is 1.51. The van der Waals surface area contributed by atoms with Gasteiger partial charge < -0.3 is 0 Å². The maximum atomic E-state index is 13.6. The molecular weight excluding hydrogens is 428 g/mol. The van der Waals surface area contributed by atoms with Crippen LogP contribution >= 0.6 is 0 Å². The molecule has 0 fully saturated rings. The molecule has 0 unspecified atom stereocenters. The van der Waals surface area contributed by atoms with Crippen LogP contribution in [0.5, 0.6) is 0 Å². The van der Waals surface area contributed by atoms with Crippen LogP contribution in [-0.2, 0) is 29.5 Å². The van der Waals surface area contributed by atoms with Crippen molar-refractivity contribution in [2.24, 2.45) is 0 Å². The Hall–Kier alpha value is -3.56. The molecule has 0 saturated carbocycles. The Morgan fingerprint density at radius 2 is 1.62 bits per heavy atom. The molecule has 9 heteroatoms. The van der Waals surface area contributed by atoms with E-state index in [-0.39, 0.29) is 10.6 Å². The first-order chi connectivity index (χ1) is 15.4. The Bertz CT molecular complexity index is 1420. The zero-order valence-corrected chi connectivity index (χ0v) is 17.9. The lowest BCUT2D eigenvalue weighted by Gasteiger charge is -2.15. The minimum Gasteiger partial charge on any atom is -0.294 e. The molecular formula is C23H20N4O4S. The van der Waals surface area contributed by atoms with E-state index < -0.39 is 14.9 Å². The van der Waals surface area contributed by atoms with Gasteiger partial charge in [-0.05, 0) is 29.3 Å². The molecule has 0 saturated heterocycles. The minimum absolute atomic E-state index is 0.135. The molecule has 162 valence electrons. The molecule has 0 N–H and O–H groups in total. The number of non-ortho nitro benzene ring substituents is 1. The number of aromatic nitrogens is 2. The summed E-state index contributed by atoms with van der Waals surface area (Å²) in [6.45, 7) is 2.27. The van der Waals surface area contributed by atoms with Crippen LogP contribution in [-0.4, -0.2) is 33.7 Å². The van der Waals surface area contributed by atoms with Gasteiger partial charge in [0.2, 0.25) is 0 Å². The van der Waals surface area contributed by atoms with E-state index in [1.807, 2.05) is 12.1 Å². The molecule has 0 bridgehead atoms. The van der Waals surface area contributed by atoms with Gasteiger partial charge in [-0.1, -0.05) is 42.5 Å². The molecule has 4 aromatic rings. The summed E-state index contributed by atoms with van der Waals surface area (Å²) in [5.41, 5.74) is 3.32. The topological polar surface area (TPSA) is 98.3 Å². The summed E-state index contributed by atoms with van der Waals surface area (Å²) >= 11 is 0. The first kappa shape index (κ1) is 20.3. The smallest absolute Gasteiger partial charge is 0.270 e. The second-order valence-corrected chi connectivity index (χ2v) is 9.56. The van der Waals surface area contributed by atoms with Crippen molar-refractivity contribution in [3.8, 4) is 0 Å². The number of imidazole rings is 1. The zero-order valence-electron chi connectivity index (χ0n) is 17.1. The number of nitrogens with zero attached hydrogens (tertiary/aromatic N) is 4. The summed E-state index contributed by atoms with van der Waals surface area (Å²) in [5.74, 6) is 0.411. The van der Waals surface area contributed by atoms with Gasteiger partial charge in [0.1, 0.15) is 5.82 Å². The molecule has 0 radical (unpaired) electrons. The molecule has 0 amide bonds. The fourth-order valence-electron chi connectivity index (χ4n) is 4.16. The molecule has 8 nitrogen and oxygen atoms in total. The Kier molecular flexibility index (Phi) is 4.99. The quantitative estimate of drug-likeness (QED) is 0.329. The van der Waals surface area contributed by atoms with Gasteiger partial charge in [-0.3, -0.25) is 15.0 Å². The van der Waals surface area contributed by atoms with Crippen molar-refractivity contribution >= 4 is 26.7 Å². The molecule has 32 heavy (non-hydrogen) atoms. The maximum Gasteiger partial charge on any atom is 0.270 e. The zero-order chi connectivity index (χ0) is 22.3. The van der Waals surface area contributed by atoms with E-state index in [0.29, 0.717) is 29.8 Å². The lowest BCUT2D eigenvalue weighted by atomic mass is 10.1. The summed E-state index contributed by atoms with van der Waals surface area (Å²) < 4.78 is 28.4. The first-order valence-electron chi connectivity index (χ1n) is 10.2. The highest BCUT2D eigenvalue weighted by Crippen LogP contribution is 2.27. The van der Waals surface area contributed by atoms with E-state index in [0.717, 1.165) is 19.2 Å². The van der Waals surface area contributed by atoms with Crippen molar-refractivity contribution in [2.45, 2.75) is 24.4 Å². The van der Waals surface area contributed by atoms with Crippen LogP contribution in [0, 0.1) is 10.1 Å². The maximum absolute atomic E-state index is 13.6. The molecule has 1 aliphatic rings. The predicted molar refractivity (Wildman–Crippen MR) is 120 cm³/mol.